The molecule has 0 bridgehead atoms. The fourth-order valence-electron chi connectivity index (χ4n) is 6.40. The molecule has 4 nitrogen and oxygen atoms in total. The molecular formula is C34H45F5O4S. The minimum absolute atomic E-state index is 0.0120. The zero-order valence-corrected chi connectivity index (χ0v) is 26.4. The van der Waals surface area contributed by atoms with Gasteiger partial charge in [-0.2, -0.15) is 22.0 Å². The number of hydrogen-bond acceptors (Lipinski definition) is 4. The standard InChI is InChI=1S/C34H45F5O4S/c1-3-32(30(42)43,20-10-11-21-33(35,36)34(37,38)39)19-9-7-5-4-6-8-12-29-31(2,25-14-17-26(40)18-15-25)23-24-13-16-27(41)22-28(24)44-29/h13-18,22,29,40-41H,3-12,19-21,23H2,1-2H3,(H,42,43). The van der Waals surface area contributed by atoms with E-state index in [1.54, 1.807) is 36.9 Å². The predicted octanol–water partition coefficient (Wildman–Crippen LogP) is 10.4. The minimum Gasteiger partial charge on any atom is -0.508 e. The number of carbonyl (C=O) groups is 1. The van der Waals surface area contributed by atoms with Gasteiger partial charge < -0.3 is 15.3 Å². The van der Waals surface area contributed by atoms with E-state index in [-0.39, 0.29) is 41.4 Å². The van der Waals surface area contributed by atoms with Crippen molar-refractivity contribution in [3.05, 3.63) is 53.6 Å². The van der Waals surface area contributed by atoms with Gasteiger partial charge in [-0.25, -0.2) is 0 Å². The fraction of sp³-hybridized carbons (Fsp3) is 0.618. The lowest BCUT2D eigenvalue weighted by molar-refractivity contribution is -0.284. The molecule has 1 aliphatic heterocycles. The van der Waals surface area contributed by atoms with Crippen LogP contribution in [0.2, 0.25) is 0 Å². The Kier molecular flexibility index (Phi) is 12.4. The molecule has 0 fully saturated rings. The average Bonchev–Trinajstić information content (AvgIpc) is 2.95. The van der Waals surface area contributed by atoms with Crippen LogP contribution in [0.1, 0.15) is 108 Å². The van der Waals surface area contributed by atoms with Crippen molar-refractivity contribution in [3.63, 3.8) is 0 Å². The first-order valence-electron chi connectivity index (χ1n) is 15.6. The molecule has 0 radical (unpaired) electrons. The molecule has 1 aliphatic rings. The third-order valence-corrected chi connectivity index (χ3v) is 11.1. The first kappa shape index (κ1) is 36.0. The normalized spacial score (nSPS) is 20.2. The van der Waals surface area contributed by atoms with Gasteiger partial charge in [0, 0.05) is 22.0 Å². The number of phenolic OH excluding ortho intramolecular Hbond substituents is 2. The number of rotatable bonds is 17. The highest BCUT2D eigenvalue weighted by atomic mass is 32.2. The Morgan fingerprint density at radius 1 is 0.841 bits per heavy atom. The number of aromatic hydroxyl groups is 2. The largest absolute Gasteiger partial charge is 0.508 e. The summed E-state index contributed by atoms with van der Waals surface area (Å²) in [7, 11) is 0. The van der Waals surface area contributed by atoms with Crippen molar-refractivity contribution in [2.75, 3.05) is 0 Å². The molecule has 44 heavy (non-hydrogen) atoms. The third kappa shape index (κ3) is 9.04. The summed E-state index contributed by atoms with van der Waals surface area (Å²) < 4.78 is 63.7. The van der Waals surface area contributed by atoms with Gasteiger partial charge in [0.05, 0.1) is 5.41 Å². The summed E-state index contributed by atoms with van der Waals surface area (Å²) in [5.41, 5.74) is 1.11. The van der Waals surface area contributed by atoms with Crippen LogP contribution in [0.15, 0.2) is 47.4 Å². The van der Waals surface area contributed by atoms with Gasteiger partial charge in [-0.15, -0.1) is 11.8 Å². The second kappa shape index (κ2) is 15.2. The van der Waals surface area contributed by atoms with Crippen molar-refractivity contribution in [3.8, 4) is 11.5 Å². The summed E-state index contributed by atoms with van der Waals surface area (Å²) in [5, 5.41) is 30.0. The molecule has 246 valence electrons. The molecule has 0 aliphatic carbocycles. The van der Waals surface area contributed by atoms with E-state index in [1.165, 1.54) is 11.1 Å². The molecule has 3 N–H and O–H groups in total. The van der Waals surface area contributed by atoms with E-state index in [1.807, 2.05) is 24.3 Å². The van der Waals surface area contributed by atoms with Gasteiger partial charge in [0.2, 0.25) is 0 Å². The van der Waals surface area contributed by atoms with E-state index in [4.69, 9.17) is 0 Å². The Morgan fingerprint density at radius 2 is 1.39 bits per heavy atom. The van der Waals surface area contributed by atoms with Gasteiger partial charge in [0.25, 0.3) is 0 Å². The molecule has 2 aromatic carbocycles. The third-order valence-electron chi connectivity index (χ3n) is 9.43. The maximum atomic E-state index is 13.2. The van der Waals surface area contributed by atoms with Crippen LogP contribution in [0.5, 0.6) is 11.5 Å². The maximum Gasteiger partial charge on any atom is 0.453 e. The lowest BCUT2D eigenvalue weighted by atomic mass is 9.72. The molecular weight excluding hydrogens is 599 g/mol. The Balaban J connectivity index is 1.46. The number of alkyl halides is 5. The Bertz CT molecular complexity index is 1220. The number of phenols is 2. The van der Waals surface area contributed by atoms with Crippen LogP contribution >= 0.6 is 11.8 Å². The van der Waals surface area contributed by atoms with Crippen molar-refractivity contribution in [2.45, 2.75) is 131 Å². The van der Waals surface area contributed by atoms with Crippen LogP contribution in [0.3, 0.4) is 0 Å². The topological polar surface area (TPSA) is 77.8 Å². The molecule has 3 rings (SSSR count). The van der Waals surface area contributed by atoms with E-state index in [2.05, 4.69) is 6.92 Å². The highest BCUT2D eigenvalue weighted by Gasteiger charge is 2.56. The fourth-order valence-corrected chi connectivity index (χ4v) is 7.95. The number of aliphatic carboxylic acids is 1. The number of fused-ring (bicyclic) bond motifs is 1. The van der Waals surface area contributed by atoms with Crippen molar-refractivity contribution >= 4 is 17.7 Å². The van der Waals surface area contributed by atoms with Gasteiger partial charge in [0.1, 0.15) is 11.5 Å². The second-order valence-corrected chi connectivity index (χ2v) is 13.8. The lowest BCUT2D eigenvalue weighted by Crippen LogP contribution is -2.39. The Labute approximate surface area is 261 Å². The highest BCUT2D eigenvalue weighted by molar-refractivity contribution is 8.00. The zero-order chi connectivity index (χ0) is 32.6. The van der Waals surface area contributed by atoms with Crippen LogP contribution in [0.4, 0.5) is 22.0 Å². The van der Waals surface area contributed by atoms with Gasteiger partial charge in [-0.1, -0.05) is 77.0 Å². The first-order chi connectivity index (χ1) is 20.6. The average molecular weight is 645 g/mol. The molecule has 2 aromatic rings. The summed E-state index contributed by atoms with van der Waals surface area (Å²) >= 11 is 1.79. The molecule has 0 spiro atoms. The number of hydrogen-bond donors (Lipinski definition) is 3. The van der Waals surface area contributed by atoms with E-state index >= 15 is 0 Å². The van der Waals surface area contributed by atoms with Crippen molar-refractivity contribution in [1.82, 2.24) is 0 Å². The summed E-state index contributed by atoms with van der Waals surface area (Å²) in [6.07, 6.45) is 0.749. The number of carboxylic acid groups (broad SMARTS) is 1. The molecule has 3 unspecified atom stereocenters. The molecule has 0 saturated carbocycles. The van der Waals surface area contributed by atoms with E-state index < -0.39 is 29.9 Å². The first-order valence-corrected chi connectivity index (χ1v) is 16.5. The molecule has 0 amide bonds. The van der Waals surface area contributed by atoms with Crippen molar-refractivity contribution in [2.24, 2.45) is 5.41 Å². The van der Waals surface area contributed by atoms with Gasteiger partial charge in [0.15, 0.2) is 0 Å². The van der Waals surface area contributed by atoms with Crippen LogP contribution in [0.25, 0.3) is 0 Å². The van der Waals surface area contributed by atoms with Crippen LogP contribution < -0.4 is 0 Å². The molecule has 0 saturated heterocycles. The second-order valence-electron chi connectivity index (χ2n) is 12.5. The number of thioether (sulfide) groups is 1. The predicted molar refractivity (Wildman–Crippen MR) is 164 cm³/mol. The van der Waals surface area contributed by atoms with E-state index in [9.17, 15) is 42.1 Å². The SMILES string of the molecule is CCC(CCCCCCCCC1Sc2cc(O)ccc2CC1(C)c1ccc(O)cc1)(CCCCC(F)(F)C(F)(F)F)C(=O)O. The van der Waals surface area contributed by atoms with E-state index in [0.29, 0.717) is 19.3 Å². The van der Waals surface area contributed by atoms with Crippen LogP contribution in [0, 0.1) is 5.41 Å². The molecule has 3 atom stereocenters. The molecule has 10 heteroatoms. The lowest BCUT2D eigenvalue weighted by Gasteiger charge is -2.42. The van der Waals surface area contributed by atoms with Crippen LogP contribution in [-0.4, -0.2) is 38.6 Å². The maximum absolute atomic E-state index is 13.2. The van der Waals surface area contributed by atoms with Crippen molar-refractivity contribution < 1.29 is 42.1 Å². The quantitative estimate of drug-likeness (QED) is 0.118. The highest BCUT2D eigenvalue weighted by Crippen LogP contribution is 2.50. The zero-order valence-electron chi connectivity index (χ0n) is 25.6. The van der Waals surface area contributed by atoms with Crippen molar-refractivity contribution in [1.29, 1.82) is 0 Å². The smallest absolute Gasteiger partial charge is 0.453 e. The van der Waals surface area contributed by atoms with Crippen LogP contribution in [-0.2, 0) is 16.6 Å². The van der Waals surface area contributed by atoms with E-state index in [0.717, 1.165) is 49.8 Å². The Morgan fingerprint density at radius 3 is 1.98 bits per heavy atom. The molecule has 0 aromatic heterocycles. The van der Waals surface area contributed by atoms with Gasteiger partial charge in [-0.3, -0.25) is 4.79 Å². The number of halogens is 5. The minimum atomic E-state index is -5.58. The van der Waals surface area contributed by atoms with Gasteiger partial charge >= 0.3 is 18.1 Å². The number of benzene rings is 2. The summed E-state index contributed by atoms with van der Waals surface area (Å²) in [6.45, 7) is 3.99. The molecule has 1 heterocycles. The number of unbranched alkanes of at least 4 members (excludes halogenated alkanes) is 6. The monoisotopic (exact) mass is 644 g/mol. The van der Waals surface area contributed by atoms with Gasteiger partial charge in [-0.05, 0) is 73.9 Å². The summed E-state index contributed by atoms with van der Waals surface area (Å²) in [6, 6.07) is 12.9. The summed E-state index contributed by atoms with van der Waals surface area (Å²) in [4.78, 5) is 13.2. The number of carboxylic acids is 1. The Hall–Kier alpha value is -2.49. The summed E-state index contributed by atoms with van der Waals surface area (Å²) in [5.74, 6) is -5.29.